The number of halogens is 2. The van der Waals surface area contributed by atoms with Gasteiger partial charge in [-0.15, -0.1) is 0 Å². The van der Waals surface area contributed by atoms with Crippen LogP contribution >= 0.6 is 0 Å². The van der Waals surface area contributed by atoms with Gasteiger partial charge >= 0.3 is 5.97 Å². The molecular weight excluding hydrogens is 458 g/mol. The molecule has 178 valence electrons. The van der Waals surface area contributed by atoms with Crippen LogP contribution in [0.5, 0.6) is 0 Å². The number of morpholine rings is 1. The Labute approximate surface area is 190 Å². The predicted octanol–water partition coefficient (Wildman–Crippen LogP) is 2.48. The Morgan fingerprint density at radius 1 is 1.06 bits per heavy atom. The minimum absolute atomic E-state index is 0.0373. The second-order valence-electron chi connectivity index (χ2n) is 7.61. The molecule has 11 heteroatoms. The van der Waals surface area contributed by atoms with Crippen LogP contribution in [-0.2, 0) is 19.5 Å². The zero-order valence-electron chi connectivity index (χ0n) is 18.4. The van der Waals surface area contributed by atoms with Gasteiger partial charge in [0.15, 0.2) is 17.7 Å². The van der Waals surface area contributed by atoms with Gasteiger partial charge in [-0.25, -0.2) is 26.3 Å². The monoisotopic (exact) mass is 482 g/mol. The molecule has 1 atom stereocenters. The largest absolute Gasteiger partial charge is 0.451 e. The third kappa shape index (κ3) is 5.37. The van der Waals surface area contributed by atoms with Crippen molar-refractivity contribution in [2.75, 3.05) is 45.3 Å². The summed E-state index contributed by atoms with van der Waals surface area (Å²) in [4.78, 5) is 27.4. The highest BCUT2D eigenvalue weighted by Gasteiger charge is 2.28. The molecule has 1 aliphatic heterocycles. The Morgan fingerprint density at radius 3 is 2.33 bits per heavy atom. The fourth-order valence-electron chi connectivity index (χ4n) is 3.29. The second kappa shape index (κ2) is 9.94. The van der Waals surface area contributed by atoms with E-state index in [0.29, 0.717) is 32.0 Å². The van der Waals surface area contributed by atoms with Crippen LogP contribution in [-0.4, -0.2) is 71.0 Å². The first-order valence-electron chi connectivity index (χ1n) is 10.1. The zero-order valence-corrected chi connectivity index (χ0v) is 19.2. The van der Waals surface area contributed by atoms with E-state index < -0.39 is 39.5 Å². The van der Waals surface area contributed by atoms with E-state index in [9.17, 15) is 26.8 Å². The number of sulfonamides is 1. The van der Waals surface area contributed by atoms with Gasteiger partial charge < -0.3 is 14.4 Å². The first kappa shape index (κ1) is 24.7. The van der Waals surface area contributed by atoms with Crippen LogP contribution in [0.1, 0.15) is 27.6 Å². The topological polar surface area (TPSA) is 93.2 Å². The van der Waals surface area contributed by atoms with Crippen molar-refractivity contribution in [1.82, 2.24) is 4.31 Å². The van der Waals surface area contributed by atoms with Gasteiger partial charge in [0.1, 0.15) is 0 Å². The molecule has 33 heavy (non-hydrogen) atoms. The molecule has 1 aliphatic rings. The van der Waals surface area contributed by atoms with Crippen LogP contribution in [0.2, 0.25) is 0 Å². The van der Waals surface area contributed by atoms with Crippen molar-refractivity contribution in [3.05, 3.63) is 59.2 Å². The number of esters is 1. The SMILES string of the molecule is C[C@@H](OC(=O)c1cc(S(=O)(=O)N(C)C)ccc1N1CCOCC1)C(=O)c1ccc(F)c(F)c1. The van der Waals surface area contributed by atoms with Gasteiger partial charge in [0.2, 0.25) is 15.8 Å². The number of nitrogens with zero attached hydrogens (tertiary/aromatic N) is 2. The minimum Gasteiger partial charge on any atom is -0.451 e. The molecule has 0 amide bonds. The molecular formula is C22H24F2N2O6S. The second-order valence-corrected chi connectivity index (χ2v) is 9.76. The lowest BCUT2D eigenvalue weighted by Crippen LogP contribution is -2.37. The maximum absolute atomic E-state index is 13.5. The van der Waals surface area contributed by atoms with E-state index in [0.717, 1.165) is 22.5 Å². The van der Waals surface area contributed by atoms with Crippen molar-refractivity contribution < 1.29 is 36.3 Å². The van der Waals surface area contributed by atoms with Gasteiger partial charge in [-0.3, -0.25) is 4.79 Å². The molecule has 0 N–H and O–H groups in total. The Bertz CT molecular complexity index is 1160. The van der Waals surface area contributed by atoms with Crippen LogP contribution in [0.25, 0.3) is 0 Å². The number of carbonyl (C=O) groups excluding carboxylic acids is 2. The van der Waals surface area contributed by atoms with E-state index in [1.807, 2.05) is 4.90 Å². The Morgan fingerprint density at radius 2 is 1.73 bits per heavy atom. The van der Waals surface area contributed by atoms with E-state index in [1.165, 1.54) is 39.2 Å². The highest BCUT2D eigenvalue weighted by molar-refractivity contribution is 7.89. The molecule has 2 aromatic carbocycles. The van der Waals surface area contributed by atoms with Crippen LogP contribution in [0.4, 0.5) is 14.5 Å². The molecule has 1 fully saturated rings. The van der Waals surface area contributed by atoms with Crippen LogP contribution in [0.15, 0.2) is 41.3 Å². The summed E-state index contributed by atoms with van der Waals surface area (Å²) in [6, 6.07) is 6.74. The lowest BCUT2D eigenvalue weighted by atomic mass is 10.1. The molecule has 0 unspecified atom stereocenters. The number of ether oxygens (including phenoxy) is 2. The number of carbonyl (C=O) groups is 2. The van der Waals surface area contributed by atoms with E-state index in [1.54, 1.807) is 0 Å². The molecule has 1 saturated heterocycles. The van der Waals surface area contributed by atoms with Crippen LogP contribution < -0.4 is 4.90 Å². The number of anilines is 1. The zero-order chi connectivity index (χ0) is 24.3. The molecule has 3 rings (SSSR count). The standard InChI is InChI=1S/C22H24F2N2O6S/c1-14(21(27)15-4-6-18(23)19(24)12-15)32-22(28)17-13-16(33(29,30)25(2)3)5-7-20(17)26-8-10-31-11-9-26/h4-7,12-14H,8-11H2,1-3H3/t14-/m1/s1. The normalized spacial score (nSPS) is 15.4. The molecule has 8 nitrogen and oxygen atoms in total. The van der Waals surface area contributed by atoms with Crippen molar-refractivity contribution in [3.63, 3.8) is 0 Å². The molecule has 0 aliphatic carbocycles. The van der Waals surface area contributed by atoms with Crippen molar-refractivity contribution in [1.29, 1.82) is 0 Å². The average Bonchev–Trinajstić information content (AvgIpc) is 2.80. The summed E-state index contributed by atoms with van der Waals surface area (Å²) >= 11 is 0. The van der Waals surface area contributed by atoms with Crippen molar-refractivity contribution in [3.8, 4) is 0 Å². The Hall–Kier alpha value is -2.89. The summed E-state index contributed by atoms with van der Waals surface area (Å²) in [7, 11) is -1.11. The Kier molecular flexibility index (Phi) is 7.45. The van der Waals surface area contributed by atoms with Gasteiger partial charge in [0.05, 0.1) is 29.4 Å². The van der Waals surface area contributed by atoms with Crippen molar-refractivity contribution in [2.45, 2.75) is 17.9 Å². The van der Waals surface area contributed by atoms with Gasteiger partial charge in [-0.05, 0) is 43.3 Å². The lowest BCUT2D eigenvalue weighted by Gasteiger charge is -2.30. The fraction of sp³-hybridized carbons (Fsp3) is 0.364. The van der Waals surface area contributed by atoms with Gasteiger partial charge in [-0.2, -0.15) is 0 Å². The van der Waals surface area contributed by atoms with Gasteiger partial charge in [-0.1, -0.05) is 0 Å². The third-order valence-electron chi connectivity index (χ3n) is 5.18. The summed E-state index contributed by atoms with van der Waals surface area (Å²) in [5.74, 6) is -3.95. The number of benzene rings is 2. The van der Waals surface area contributed by atoms with E-state index >= 15 is 0 Å². The molecule has 0 saturated carbocycles. The first-order chi connectivity index (χ1) is 15.5. The molecule has 0 radical (unpaired) electrons. The molecule has 0 aromatic heterocycles. The van der Waals surface area contributed by atoms with Crippen LogP contribution in [0.3, 0.4) is 0 Å². The number of Topliss-reactive ketones (excluding diaryl/α,β-unsaturated/α-hetero) is 1. The van der Waals surface area contributed by atoms with Gasteiger partial charge in [0.25, 0.3) is 0 Å². The average molecular weight is 483 g/mol. The summed E-state index contributed by atoms with van der Waals surface area (Å²) < 4.78 is 63.5. The summed E-state index contributed by atoms with van der Waals surface area (Å²) in [5, 5.41) is 0. The summed E-state index contributed by atoms with van der Waals surface area (Å²) in [6.45, 7) is 3.11. The third-order valence-corrected chi connectivity index (χ3v) is 6.99. The number of hydrogen-bond acceptors (Lipinski definition) is 7. The number of rotatable bonds is 7. The number of hydrogen-bond donors (Lipinski definition) is 0. The Balaban J connectivity index is 1.93. The van der Waals surface area contributed by atoms with Gasteiger partial charge in [0, 0.05) is 32.7 Å². The summed E-state index contributed by atoms with van der Waals surface area (Å²) in [6.07, 6.45) is -1.32. The smallest absolute Gasteiger partial charge is 0.341 e. The van der Waals surface area contributed by atoms with E-state index in [-0.39, 0.29) is 16.0 Å². The number of ketones is 1. The lowest BCUT2D eigenvalue weighted by molar-refractivity contribution is 0.0318. The fourth-order valence-corrected chi connectivity index (χ4v) is 4.22. The molecule has 0 spiro atoms. The summed E-state index contributed by atoms with van der Waals surface area (Å²) in [5.41, 5.74) is 0.241. The van der Waals surface area contributed by atoms with Crippen molar-refractivity contribution >= 4 is 27.5 Å². The first-order valence-corrected chi connectivity index (χ1v) is 11.6. The maximum Gasteiger partial charge on any atom is 0.341 e. The van der Waals surface area contributed by atoms with E-state index in [2.05, 4.69) is 0 Å². The highest BCUT2D eigenvalue weighted by atomic mass is 32.2. The maximum atomic E-state index is 13.5. The molecule has 1 heterocycles. The minimum atomic E-state index is -3.84. The molecule has 0 bridgehead atoms. The van der Waals surface area contributed by atoms with Crippen molar-refractivity contribution in [2.24, 2.45) is 0 Å². The quantitative estimate of drug-likeness (QED) is 0.442. The predicted molar refractivity (Wildman–Crippen MR) is 116 cm³/mol. The highest BCUT2D eigenvalue weighted by Crippen LogP contribution is 2.27. The molecule has 2 aromatic rings. The van der Waals surface area contributed by atoms with Crippen LogP contribution in [0, 0.1) is 11.6 Å². The van der Waals surface area contributed by atoms with E-state index in [4.69, 9.17) is 9.47 Å².